The summed E-state index contributed by atoms with van der Waals surface area (Å²) in [6.07, 6.45) is 6.20. The van der Waals surface area contributed by atoms with Gasteiger partial charge >= 0.3 is 5.69 Å². The first kappa shape index (κ1) is 22.3. The Kier molecular flexibility index (Phi) is 5.21. The quantitative estimate of drug-likeness (QED) is 0.378. The molecule has 1 aliphatic carbocycles. The molecule has 1 spiro atoms. The molecular formula is C25H23Cl2N7O. The first-order valence-electron chi connectivity index (χ1n) is 11.5. The van der Waals surface area contributed by atoms with Crippen molar-refractivity contribution in [2.45, 2.75) is 31.2 Å². The van der Waals surface area contributed by atoms with E-state index in [0.29, 0.717) is 11.3 Å². The topological polar surface area (TPSA) is 103 Å². The SMILES string of the molecule is CN1CCc2cc(Nc3ncc4c(=N)n(-c5c(Cl)cccc5Cl)c(=O)[nH]c4n3)ccc2C12CCC2. The van der Waals surface area contributed by atoms with E-state index in [1.807, 2.05) is 0 Å². The molecule has 2 aromatic heterocycles. The Morgan fingerprint density at radius 3 is 2.66 bits per heavy atom. The Labute approximate surface area is 211 Å². The zero-order valence-corrected chi connectivity index (χ0v) is 20.5. The van der Waals surface area contributed by atoms with Gasteiger partial charge in [0.2, 0.25) is 5.95 Å². The molecule has 0 bridgehead atoms. The van der Waals surface area contributed by atoms with Gasteiger partial charge in [0.1, 0.15) is 5.49 Å². The average Bonchev–Trinajstić information content (AvgIpc) is 2.79. The van der Waals surface area contributed by atoms with E-state index in [0.717, 1.165) is 23.2 Å². The van der Waals surface area contributed by atoms with Crippen molar-refractivity contribution in [2.24, 2.45) is 0 Å². The lowest BCUT2D eigenvalue weighted by Gasteiger charge is -2.52. The Morgan fingerprint density at radius 2 is 1.94 bits per heavy atom. The van der Waals surface area contributed by atoms with Crippen LogP contribution < -0.4 is 16.5 Å². The maximum atomic E-state index is 12.9. The number of likely N-dealkylation sites (N-methyl/N-ethyl adjacent to an activating group) is 1. The molecule has 1 fully saturated rings. The molecule has 8 nitrogen and oxygen atoms in total. The third kappa shape index (κ3) is 3.47. The summed E-state index contributed by atoms with van der Waals surface area (Å²) in [6, 6.07) is 11.4. The predicted octanol–water partition coefficient (Wildman–Crippen LogP) is 4.51. The van der Waals surface area contributed by atoms with Gasteiger partial charge in [0.05, 0.1) is 21.1 Å². The maximum Gasteiger partial charge on any atom is 0.333 e. The number of fused-ring (bicyclic) bond motifs is 3. The fourth-order valence-corrected chi connectivity index (χ4v) is 5.90. The van der Waals surface area contributed by atoms with Gasteiger partial charge in [0.25, 0.3) is 0 Å². The minimum Gasteiger partial charge on any atom is -0.324 e. The molecule has 3 heterocycles. The van der Waals surface area contributed by atoms with Crippen LogP contribution in [-0.4, -0.2) is 38.0 Å². The van der Waals surface area contributed by atoms with Crippen LogP contribution in [0.5, 0.6) is 0 Å². The Hall–Kier alpha value is -3.20. The number of halogens is 2. The van der Waals surface area contributed by atoms with Crippen LogP contribution in [0.2, 0.25) is 10.0 Å². The maximum absolute atomic E-state index is 12.9. The smallest absolute Gasteiger partial charge is 0.324 e. The van der Waals surface area contributed by atoms with E-state index in [1.54, 1.807) is 18.2 Å². The van der Waals surface area contributed by atoms with Crippen LogP contribution in [0.4, 0.5) is 11.6 Å². The van der Waals surface area contributed by atoms with E-state index in [9.17, 15) is 4.79 Å². The van der Waals surface area contributed by atoms with E-state index < -0.39 is 5.69 Å². The van der Waals surface area contributed by atoms with Crippen molar-refractivity contribution in [2.75, 3.05) is 18.9 Å². The largest absolute Gasteiger partial charge is 0.333 e. The Bertz CT molecular complexity index is 1590. The number of nitrogens with one attached hydrogen (secondary N) is 3. The second kappa shape index (κ2) is 8.19. The molecule has 6 rings (SSSR count). The van der Waals surface area contributed by atoms with Crippen molar-refractivity contribution in [3.05, 3.63) is 79.7 Å². The average molecular weight is 508 g/mol. The first-order valence-corrected chi connectivity index (χ1v) is 12.3. The molecule has 1 aliphatic heterocycles. The van der Waals surface area contributed by atoms with E-state index in [-0.39, 0.29) is 32.4 Å². The molecular weight excluding hydrogens is 485 g/mol. The second-order valence-electron chi connectivity index (χ2n) is 9.19. The molecule has 1 saturated carbocycles. The molecule has 35 heavy (non-hydrogen) atoms. The highest BCUT2D eigenvalue weighted by molar-refractivity contribution is 6.37. The van der Waals surface area contributed by atoms with Crippen LogP contribution in [0.25, 0.3) is 16.7 Å². The summed E-state index contributed by atoms with van der Waals surface area (Å²) >= 11 is 12.6. The monoisotopic (exact) mass is 507 g/mol. The van der Waals surface area contributed by atoms with Crippen molar-refractivity contribution in [1.29, 1.82) is 5.41 Å². The van der Waals surface area contributed by atoms with E-state index in [2.05, 4.69) is 50.4 Å². The van der Waals surface area contributed by atoms with Crippen molar-refractivity contribution < 1.29 is 0 Å². The summed E-state index contributed by atoms with van der Waals surface area (Å²) in [7, 11) is 2.22. The fraction of sp³-hybridized carbons (Fsp3) is 0.280. The van der Waals surface area contributed by atoms with E-state index in [1.165, 1.54) is 36.6 Å². The molecule has 4 aromatic rings. The van der Waals surface area contributed by atoms with Gasteiger partial charge in [0.15, 0.2) is 5.65 Å². The highest BCUT2D eigenvalue weighted by Gasteiger charge is 2.45. The summed E-state index contributed by atoms with van der Waals surface area (Å²) < 4.78 is 1.13. The number of hydrogen-bond acceptors (Lipinski definition) is 6. The van der Waals surface area contributed by atoms with E-state index in [4.69, 9.17) is 28.6 Å². The van der Waals surface area contributed by atoms with Gasteiger partial charge in [-0.05, 0) is 68.1 Å². The molecule has 3 N–H and O–H groups in total. The summed E-state index contributed by atoms with van der Waals surface area (Å²) in [5.74, 6) is 0.340. The van der Waals surface area contributed by atoms with Gasteiger partial charge in [0, 0.05) is 24.0 Å². The lowest BCUT2D eigenvalue weighted by atomic mass is 9.67. The summed E-state index contributed by atoms with van der Waals surface area (Å²) in [5.41, 5.74) is 3.70. The van der Waals surface area contributed by atoms with Crippen LogP contribution in [0.3, 0.4) is 0 Å². The van der Waals surface area contributed by atoms with Crippen LogP contribution in [0.15, 0.2) is 47.4 Å². The minimum atomic E-state index is -0.564. The van der Waals surface area contributed by atoms with Crippen LogP contribution >= 0.6 is 23.2 Å². The second-order valence-corrected chi connectivity index (χ2v) is 10.0. The van der Waals surface area contributed by atoms with E-state index >= 15 is 0 Å². The molecule has 10 heteroatoms. The lowest BCUT2D eigenvalue weighted by Crippen LogP contribution is -2.52. The highest BCUT2D eigenvalue weighted by atomic mass is 35.5. The summed E-state index contributed by atoms with van der Waals surface area (Å²) in [5, 5.41) is 12.8. The number of benzene rings is 2. The third-order valence-corrected chi connectivity index (χ3v) is 7.96. The van der Waals surface area contributed by atoms with Crippen molar-refractivity contribution >= 4 is 45.9 Å². The summed E-state index contributed by atoms with van der Waals surface area (Å²) in [6.45, 7) is 1.05. The van der Waals surface area contributed by atoms with Gasteiger partial charge in [-0.1, -0.05) is 35.3 Å². The number of anilines is 2. The van der Waals surface area contributed by atoms with Crippen LogP contribution in [0.1, 0.15) is 30.4 Å². The molecule has 0 saturated heterocycles. The molecule has 2 aromatic carbocycles. The van der Waals surface area contributed by atoms with Gasteiger partial charge in [-0.15, -0.1) is 0 Å². The number of aromatic amines is 1. The number of para-hydroxylation sites is 1. The van der Waals surface area contributed by atoms with Gasteiger partial charge in [-0.3, -0.25) is 15.3 Å². The number of hydrogen-bond donors (Lipinski definition) is 3. The Morgan fingerprint density at radius 1 is 1.17 bits per heavy atom. The standard InChI is InChI=1S/C25H23Cl2N7O/c1-33-11-8-14-12-15(6-7-17(14)25(33)9-3-10-25)30-23-29-13-16-21(28)34(24(35)32-22(16)31-23)20-18(26)4-2-5-19(20)27/h2,4-7,12-13,28H,3,8-11H2,1H3,(H2,29,30,31,32,35). The molecule has 0 radical (unpaired) electrons. The minimum absolute atomic E-state index is 0.103. The normalized spacial score (nSPS) is 16.8. The van der Waals surface area contributed by atoms with Crippen molar-refractivity contribution in [3.8, 4) is 5.69 Å². The summed E-state index contributed by atoms with van der Waals surface area (Å²) in [4.78, 5) is 27.0. The zero-order valence-electron chi connectivity index (χ0n) is 19.0. The zero-order chi connectivity index (χ0) is 24.3. The third-order valence-electron chi connectivity index (χ3n) is 7.35. The van der Waals surface area contributed by atoms with Crippen LogP contribution in [-0.2, 0) is 12.0 Å². The molecule has 2 aliphatic rings. The molecule has 0 amide bonds. The number of rotatable bonds is 3. The predicted molar refractivity (Wildman–Crippen MR) is 137 cm³/mol. The first-order chi connectivity index (χ1) is 16.9. The van der Waals surface area contributed by atoms with Gasteiger partial charge in [-0.2, -0.15) is 4.98 Å². The lowest BCUT2D eigenvalue weighted by molar-refractivity contribution is 0.0250. The van der Waals surface area contributed by atoms with Gasteiger partial charge in [-0.25, -0.2) is 14.3 Å². The highest BCUT2D eigenvalue weighted by Crippen LogP contribution is 2.49. The number of H-pyrrole nitrogens is 1. The Balaban J connectivity index is 1.36. The number of nitrogens with zero attached hydrogens (tertiary/aromatic N) is 4. The van der Waals surface area contributed by atoms with Gasteiger partial charge < -0.3 is 5.32 Å². The fourth-order valence-electron chi connectivity index (χ4n) is 5.34. The molecule has 0 unspecified atom stereocenters. The van der Waals surface area contributed by atoms with Crippen molar-refractivity contribution in [3.63, 3.8) is 0 Å². The number of aromatic nitrogens is 4. The molecule has 0 atom stereocenters. The van der Waals surface area contributed by atoms with Crippen molar-refractivity contribution in [1.82, 2.24) is 24.4 Å². The van der Waals surface area contributed by atoms with Crippen LogP contribution in [0, 0.1) is 5.41 Å². The molecule has 178 valence electrons.